The van der Waals surface area contributed by atoms with Gasteiger partial charge in [0.1, 0.15) is 11.5 Å². The molecule has 4 aromatic rings. The lowest BCUT2D eigenvalue weighted by Gasteiger charge is -2.12. The zero-order valence-corrected chi connectivity index (χ0v) is 14.5. The minimum absolute atomic E-state index is 0.141. The van der Waals surface area contributed by atoms with E-state index in [9.17, 15) is 9.18 Å². The number of pyridine rings is 2. The van der Waals surface area contributed by atoms with Crippen molar-refractivity contribution in [3.05, 3.63) is 87.9 Å². The molecule has 26 heavy (non-hydrogen) atoms. The highest BCUT2D eigenvalue weighted by Crippen LogP contribution is 2.24. The maximum absolute atomic E-state index is 13.7. The smallest absolute Gasteiger partial charge is 0.252 e. The first-order valence-electron chi connectivity index (χ1n) is 8.30. The zero-order valence-electron chi connectivity index (χ0n) is 14.5. The van der Waals surface area contributed by atoms with E-state index in [-0.39, 0.29) is 11.4 Å². The number of rotatable bonds is 3. The minimum Gasteiger partial charge on any atom is -0.286 e. The fourth-order valence-electron chi connectivity index (χ4n) is 3.26. The first kappa shape index (κ1) is 16.2. The van der Waals surface area contributed by atoms with Crippen LogP contribution in [0.5, 0.6) is 0 Å². The summed E-state index contributed by atoms with van der Waals surface area (Å²) in [4.78, 5) is 17.1. The third kappa shape index (κ3) is 2.69. The number of halogens is 1. The van der Waals surface area contributed by atoms with E-state index in [1.807, 2.05) is 32.0 Å². The molecule has 1 aromatic carbocycles. The Morgan fingerprint density at radius 2 is 1.92 bits per heavy atom. The quantitative estimate of drug-likeness (QED) is 0.570. The van der Waals surface area contributed by atoms with Crippen LogP contribution in [0.15, 0.2) is 59.5 Å². The third-order valence-corrected chi connectivity index (χ3v) is 4.39. The molecule has 3 aromatic heterocycles. The molecule has 0 unspecified atom stereocenters. The molecule has 0 aliphatic heterocycles. The Morgan fingerprint density at radius 1 is 1.08 bits per heavy atom. The fraction of sp³-hybridized carbons (Fsp3) is 0.150. The van der Waals surface area contributed by atoms with E-state index in [1.165, 1.54) is 12.1 Å². The van der Waals surface area contributed by atoms with Gasteiger partial charge in [0.2, 0.25) is 0 Å². The number of nitrogens with zero attached hydrogens (tertiary/aromatic N) is 4. The number of hydrogen-bond donors (Lipinski definition) is 0. The first-order chi connectivity index (χ1) is 12.5. The summed E-state index contributed by atoms with van der Waals surface area (Å²) in [6.07, 6.45) is 1.70. The van der Waals surface area contributed by atoms with Gasteiger partial charge in [0.15, 0.2) is 0 Å². The van der Waals surface area contributed by atoms with Gasteiger partial charge in [0, 0.05) is 17.6 Å². The number of benzene rings is 1. The molecular formula is C20H17FN4O. The van der Waals surface area contributed by atoms with Crippen LogP contribution in [0.4, 0.5) is 4.39 Å². The maximum Gasteiger partial charge on any atom is 0.252 e. The molecule has 5 nitrogen and oxygen atoms in total. The summed E-state index contributed by atoms with van der Waals surface area (Å²) in [5.74, 6) is -0.352. The molecule has 0 fully saturated rings. The van der Waals surface area contributed by atoms with Gasteiger partial charge in [-0.2, -0.15) is 5.10 Å². The maximum atomic E-state index is 13.7. The van der Waals surface area contributed by atoms with Crippen LogP contribution < -0.4 is 5.56 Å². The minimum atomic E-state index is -0.352. The molecule has 0 aliphatic carbocycles. The summed E-state index contributed by atoms with van der Waals surface area (Å²) >= 11 is 0. The van der Waals surface area contributed by atoms with Crippen LogP contribution in [0.1, 0.15) is 17.0 Å². The molecule has 0 saturated carbocycles. The van der Waals surface area contributed by atoms with Crippen molar-refractivity contribution in [2.75, 3.05) is 0 Å². The number of fused-ring (bicyclic) bond motifs is 1. The second-order valence-electron chi connectivity index (χ2n) is 6.25. The molecule has 4 rings (SSSR count). The molecule has 3 heterocycles. The molecule has 0 amide bonds. The fourth-order valence-corrected chi connectivity index (χ4v) is 3.26. The van der Waals surface area contributed by atoms with Crippen LogP contribution >= 0.6 is 0 Å². The van der Waals surface area contributed by atoms with Crippen LogP contribution in [0, 0.1) is 19.7 Å². The summed E-state index contributed by atoms with van der Waals surface area (Å²) in [6, 6.07) is 13.4. The van der Waals surface area contributed by atoms with Crippen molar-refractivity contribution in [3.8, 4) is 5.69 Å². The largest absolute Gasteiger partial charge is 0.286 e. The van der Waals surface area contributed by atoms with E-state index >= 15 is 0 Å². The Balaban J connectivity index is 2.03. The van der Waals surface area contributed by atoms with E-state index in [2.05, 4.69) is 10.1 Å². The van der Waals surface area contributed by atoms with Gasteiger partial charge < -0.3 is 0 Å². The van der Waals surface area contributed by atoms with Crippen molar-refractivity contribution >= 4 is 11.0 Å². The Hall–Kier alpha value is -3.28. The third-order valence-electron chi connectivity index (χ3n) is 4.39. The average molecular weight is 348 g/mol. The van der Waals surface area contributed by atoms with Crippen LogP contribution in [-0.4, -0.2) is 19.3 Å². The van der Waals surface area contributed by atoms with Gasteiger partial charge in [-0.3, -0.25) is 14.3 Å². The van der Waals surface area contributed by atoms with Crippen molar-refractivity contribution in [2.45, 2.75) is 20.4 Å². The summed E-state index contributed by atoms with van der Waals surface area (Å²) in [7, 11) is 0. The molecule has 0 saturated heterocycles. The molecule has 0 spiro atoms. The Kier molecular flexibility index (Phi) is 3.88. The van der Waals surface area contributed by atoms with Gasteiger partial charge in [0.25, 0.3) is 5.56 Å². The lowest BCUT2D eigenvalue weighted by Crippen LogP contribution is -2.23. The van der Waals surface area contributed by atoms with Crippen molar-refractivity contribution in [2.24, 2.45) is 0 Å². The Labute approximate surface area is 149 Å². The molecular weight excluding hydrogens is 331 g/mol. The number of aryl methyl sites for hydroxylation is 2. The Bertz CT molecular complexity index is 1160. The topological polar surface area (TPSA) is 52.7 Å². The predicted molar refractivity (Wildman–Crippen MR) is 98.1 cm³/mol. The molecule has 0 N–H and O–H groups in total. The van der Waals surface area contributed by atoms with E-state index < -0.39 is 0 Å². The van der Waals surface area contributed by atoms with Gasteiger partial charge in [0.05, 0.1) is 23.6 Å². The Morgan fingerprint density at radius 3 is 2.65 bits per heavy atom. The number of hydrogen-bond acceptors (Lipinski definition) is 3. The van der Waals surface area contributed by atoms with Gasteiger partial charge in [-0.25, -0.2) is 9.07 Å². The van der Waals surface area contributed by atoms with Gasteiger partial charge in [-0.1, -0.05) is 12.1 Å². The zero-order chi connectivity index (χ0) is 18.3. The van der Waals surface area contributed by atoms with Crippen molar-refractivity contribution < 1.29 is 4.39 Å². The van der Waals surface area contributed by atoms with Crippen LogP contribution in [0.25, 0.3) is 16.7 Å². The first-order valence-corrected chi connectivity index (χ1v) is 8.30. The van der Waals surface area contributed by atoms with Crippen molar-refractivity contribution in [3.63, 3.8) is 0 Å². The highest BCUT2D eigenvalue weighted by Gasteiger charge is 2.17. The number of aromatic nitrogens is 4. The molecule has 0 bridgehead atoms. The van der Waals surface area contributed by atoms with Gasteiger partial charge in [-0.15, -0.1) is 0 Å². The lowest BCUT2D eigenvalue weighted by molar-refractivity contribution is 0.625. The van der Waals surface area contributed by atoms with Crippen molar-refractivity contribution in [1.82, 2.24) is 19.3 Å². The van der Waals surface area contributed by atoms with E-state index in [1.54, 1.807) is 33.6 Å². The highest BCUT2D eigenvalue weighted by atomic mass is 19.1. The van der Waals surface area contributed by atoms with E-state index in [4.69, 9.17) is 0 Å². The van der Waals surface area contributed by atoms with Crippen LogP contribution in [-0.2, 0) is 6.54 Å². The monoisotopic (exact) mass is 348 g/mol. The summed E-state index contributed by atoms with van der Waals surface area (Å²) < 4.78 is 17.0. The van der Waals surface area contributed by atoms with Crippen LogP contribution in [0.3, 0.4) is 0 Å². The lowest BCUT2D eigenvalue weighted by atomic mass is 10.1. The predicted octanol–water partition coefficient (Wildman–Crippen LogP) is 3.39. The summed E-state index contributed by atoms with van der Waals surface area (Å²) in [5, 5.41) is 5.47. The molecule has 0 radical (unpaired) electrons. The van der Waals surface area contributed by atoms with E-state index in [0.29, 0.717) is 17.9 Å². The summed E-state index contributed by atoms with van der Waals surface area (Å²) in [5.41, 5.74) is 3.48. The standard InChI is InChI=1S/C20H17FN4O/c1-13-10-18(26)24(12-16-7-3-4-9-22-16)20-19(13)14(2)23-25(20)17-8-5-6-15(21)11-17/h3-11H,12H2,1-2H3. The van der Waals surface area contributed by atoms with Gasteiger partial charge >= 0.3 is 0 Å². The molecule has 130 valence electrons. The van der Waals surface area contributed by atoms with E-state index in [0.717, 1.165) is 22.3 Å². The SMILES string of the molecule is Cc1cc(=O)n(Cc2ccccn2)c2c1c(C)nn2-c1cccc(F)c1. The average Bonchev–Trinajstić information content (AvgIpc) is 2.97. The molecule has 0 aliphatic rings. The molecule has 0 atom stereocenters. The second-order valence-corrected chi connectivity index (χ2v) is 6.25. The molecule has 6 heteroatoms. The van der Waals surface area contributed by atoms with Crippen LogP contribution in [0.2, 0.25) is 0 Å². The second kappa shape index (κ2) is 6.22. The summed E-state index contributed by atoms with van der Waals surface area (Å²) in [6.45, 7) is 4.09. The highest BCUT2D eigenvalue weighted by molar-refractivity contribution is 5.83. The normalized spacial score (nSPS) is 11.2. The van der Waals surface area contributed by atoms with Gasteiger partial charge in [-0.05, 0) is 49.7 Å². The van der Waals surface area contributed by atoms with Crippen molar-refractivity contribution in [1.29, 1.82) is 0 Å².